The molecule has 0 radical (unpaired) electrons. The number of amides is 1. The SMILES string of the molecule is COc1cccc(CCCNC(=O)[C@@H](C)Oc2ccc3ccccc3c2)c1. The summed E-state index contributed by atoms with van der Waals surface area (Å²) in [6, 6.07) is 21.9. The molecule has 0 saturated heterocycles. The van der Waals surface area contributed by atoms with Crippen molar-refractivity contribution in [1.82, 2.24) is 5.32 Å². The van der Waals surface area contributed by atoms with Gasteiger partial charge < -0.3 is 14.8 Å². The van der Waals surface area contributed by atoms with Crippen LogP contribution >= 0.6 is 0 Å². The molecule has 27 heavy (non-hydrogen) atoms. The van der Waals surface area contributed by atoms with Crippen LogP contribution in [0.25, 0.3) is 10.8 Å². The number of hydrogen-bond acceptors (Lipinski definition) is 3. The number of fused-ring (bicyclic) bond motifs is 1. The molecule has 4 nitrogen and oxygen atoms in total. The average molecular weight is 363 g/mol. The van der Waals surface area contributed by atoms with Gasteiger partial charge in [-0.2, -0.15) is 0 Å². The number of aryl methyl sites for hydroxylation is 1. The maximum atomic E-state index is 12.3. The minimum atomic E-state index is -0.539. The van der Waals surface area contributed by atoms with E-state index in [0.29, 0.717) is 12.3 Å². The first kappa shape index (κ1) is 18.8. The van der Waals surface area contributed by atoms with Crippen molar-refractivity contribution in [3.8, 4) is 11.5 Å². The van der Waals surface area contributed by atoms with Crippen LogP contribution in [-0.4, -0.2) is 25.7 Å². The summed E-state index contributed by atoms with van der Waals surface area (Å²) >= 11 is 0. The van der Waals surface area contributed by atoms with Crippen LogP contribution in [0.2, 0.25) is 0 Å². The lowest BCUT2D eigenvalue weighted by Gasteiger charge is -2.15. The van der Waals surface area contributed by atoms with Gasteiger partial charge in [-0.05, 0) is 60.4 Å². The van der Waals surface area contributed by atoms with Crippen molar-refractivity contribution in [2.24, 2.45) is 0 Å². The van der Waals surface area contributed by atoms with E-state index in [4.69, 9.17) is 9.47 Å². The molecular weight excluding hydrogens is 338 g/mol. The second-order valence-corrected chi connectivity index (χ2v) is 6.52. The van der Waals surface area contributed by atoms with Crippen LogP contribution < -0.4 is 14.8 Å². The molecule has 0 saturated carbocycles. The van der Waals surface area contributed by atoms with Gasteiger partial charge in [-0.15, -0.1) is 0 Å². The predicted octanol–water partition coefficient (Wildman–Crippen LogP) is 4.36. The molecule has 0 aliphatic carbocycles. The summed E-state index contributed by atoms with van der Waals surface area (Å²) in [5, 5.41) is 5.19. The Morgan fingerprint density at radius 2 is 1.78 bits per heavy atom. The van der Waals surface area contributed by atoms with Gasteiger partial charge in [-0.25, -0.2) is 0 Å². The van der Waals surface area contributed by atoms with Crippen molar-refractivity contribution in [3.05, 3.63) is 72.3 Å². The highest BCUT2D eigenvalue weighted by Crippen LogP contribution is 2.21. The summed E-state index contributed by atoms with van der Waals surface area (Å²) in [5.74, 6) is 1.45. The molecular formula is C23H25NO3. The molecule has 0 bridgehead atoms. The zero-order valence-electron chi connectivity index (χ0n) is 15.8. The van der Waals surface area contributed by atoms with Crippen LogP contribution in [0.5, 0.6) is 11.5 Å². The first-order valence-corrected chi connectivity index (χ1v) is 9.22. The quantitative estimate of drug-likeness (QED) is 0.605. The fourth-order valence-corrected chi connectivity index (χ4v) is 2.97. The van der Waals surface area contributed by atoms with Crippen LogP contribution in [-0.2, 0) is 11.2 Å². The highest BCUT2D eigenvalue weighted by atomic mass is 16.5. The zero-order valence-corrected chi connectivity index (χ0v) is 15.8. The van der Waals surface area contributed by atoms with E-state index in [9.17, 15) is 4.79 Å². The van der Waals surface area contributed by atoms with Gasteiger partial charge in [0.1, 0.15) is 11.5 Å². The van der Waals surface area contributed by atoms with Crippen LogP contribution in [0.1, 0.15) is 18.9 Å². The van der Waals surface area contributed by atoms with Crippen LogP contribution in [0.15, 0.2) is 66.7 Å². The molecule has 3 aromatic carbocycles. The van der Waals surface area contributed by atoms with Crippen molar-refractivity contribution in [1.29, 1.82) is 0 Å². The fourth-order valence-electron chi connectivity index (χ4n) is 2.97. The number of benzene rings is 3. The normalized spacial score (nSPS) is 11.8. The van der Waals surface area contributed by atoms with Crippen molar-refractivity contribution in [2.75, 3.05) is 13.7 Å². The maximum Gasteiger partial charge on any atom is 0.260 e. The zero-order chi connectivity index (χ0) is 19.1. The smallest absolute Gasteiger partial charge is 0.260 e. The number of carbonyl (C=O) groups is 1. The Morgan fingerprint density at radius 3 is 2.59 bits per heavy atom. The number of ether oxygens (including phenoxy) is 2. The van der Waals surface area contributed by atoms with Crippen molar-refractivity contribution in [2.45, 2.75) is 25.9 Å². The minimum Gasteiger partial charge on any atom is -0.497 e. The lowest BCUT2D eigenvalue weighted by molar-refractivity contribution is -0.127. The maximum absolute atomic E-state index is 12.3. The molecule has 1 N–H and O–H groups in total. The Kier molecular flexibility index (Phi) is 6.31. The summed E-state index contributed by atoms with van der Waals surface area (Å²) in [5.41, 5.74) is 1.20. The van der Waals surface area contributed by atoms with E-state index in [1.54, 1.807) is 14.0 Å². The summed E-state index contributed by atoms with van der Waals surface area (Å²) in [4.78, 5) is 12.3. The minimum absolute atomic E-state index is 0.103. The molecule has 3 rings (SSSR count). The summed E-state index contributed by atoms with van der Waals surface area (Å²) in [6.07, 6.45) is 1.21. The largest absolute Gasteiger partial charge is 0.497 e. The van der Waals surface area contributed by atoms with Crippen LogP contribution in [0.4, 0.5) is 0 Å². The second-order valence-electron chi connectivity index (χ2n) is 6.52. The summed E-state index contributed by atoms with van der Waals surface area (Å²) < 4.78 is 11.0. The van der Waals surface area contributed by atoms with E-state index < -0.39 is 6.10 Å². The van der Waals surface area contributed by atoms with E-state index >= 15 is 0 Å². The molecule has 4 heteroatoms. The van der Waals surface area contributed by atoms with E-state index in [1.165, 1.54) is 5.56 Å². The molecule has 0 aromatic heterocycles. The first-order chi connectivity index (χ1) is 13.2. The predicted molar refractivity (Wildman–Crippen MR) is 108 cm³/mol. The molecule has 0 aliphatic heterocycles. The van der Waals surface area contributed by atoms with Gasteiger partial charge in [0, 0.05) is 6.54 Å². The van der Waals surface area contributed by atoms with Crippen LogP contribution in [0, 0.1) is 0 Å². The monoisotopic (exact) mass is 363 g/mol. The molecule has 3 aromatic rings. The van der Waals surface area contributed by atoms with Crippen molar-refractivity contribution >= 4 is 16.7 Å². The molecule has 1 atom stereocenters. The van der Waals surface area contributed by atoms with Gasteiger partial charge in [0.05, 0.1) is 7.11 Å². The highest BCUT2D eigenvalue weighted by molar-refractivity contribution is 5.84. The van der Waals surface area contributed by atoms with Gasteiger partial charge in [0.25, 0.3) is 5.91 Å². The number of rotatable bonds is 8. The summed E-state index contributed by atoms with van der Waals surface area (Å²) in [6.45, 7) is 2.38. The van der Waals surface area contributed by atoms with Gasteiger partial charge in [-0.1, -0.05) is 42.5 Å². The molecule has 0 spiro atoms. The van der Waals surface area contributed by atoms with Gasteiger partial charge in [-0.3, -0.25) is 4.79 Å². The second kappa shape index (κ2) is 9.08. The Bertz CT molecular complexity index is 907. The van der Waals surface area contributed by atoms with Crippen molar-refractivity contribution < 1.29 is 14.3 Å². The van der Waals surface area contributed by atoms with E-state index in [0.717, 1.165) is 29.4 Å². The Balaban J connectivity index is 1.45. The van der Waals surface area contributed by atoms with E-state index in [1.807, 2.05) is 54.6 Å². The van der Waals surface area contributed by atoms with E-state index in [-0.39, 0.29) is 5.91 Å². The fraction of sp³-hybridized carbons (Fsp3) is 0.261. The summed E-state index contributed by atoms with van der Waals surface area (Å²) in [7, 11) is 1.66. The number of nitrogens with one attached hydrogen (secondary N) is 1. The third-order valence-corrected chi connectivity index (χ3v) is 4.48. The lowest BCUT2D eigenvalue weighted by atomic mass is 10.1. The molecule has 0 unspecified atom stereocenters. The Hall–Kier alpha value is -3.01. The van der Waals surface area contributed by atoms with E-state index in [2.05, 4.69) is 17.4 Å². The topological polar surface area (TPSA) is 47.6 Å². The molecule has 0 heterocycles. The lowest BCUT2D eigenvalue weighted by Crippen LogP contribution is -2.36. The van der Waals surface area contributed by atoms with Gasteiger partial charge in [0.15, 0.2) is 6.10 Å². The molecule has 1 amide bonds. The number of methoxy groups -OCH3 is 1. The third kappa shape index (κ3) is 5.23. The number of hydrogen-bond donors (Lipinski definition) is 1. The molecule has 140 valence electrons. The average Bonchev–Trinajstić information content (AvgIpc) is 2.71. The Labute approximate surface area is 160 Å². The van der Waals surface area contributed by atoms with Crippen molar-refractivity contribution in [3.63, 3.8) is 0 Å². The van der Waals surface area contributed by atoms with Gasteiger partial charge >= 0.3 is 0 Å². The Morgan fingerprint density at radius 1 is 0.963 bits per heavy atom. The third-order valence-electron chi connectivity index (χ3n) is 4.48. The van der Waals surface area contributed by atoms with Crippen LogP contribution in [0.3, 0.4) is 0 Å². The standard InChI is InChI=1S/C23H25NO3/c1-17(27-22-13-12-19-9-3-4-10-20(19)16-22)23(25)24-14-6-8-18-7-5-11-21(15-18)26-2/h3-5,7,9-13,15-17H,6,8,14H2,1-2H3,(H,24,25)/t17-/m1/s1. The number of carbonyl (C=O) groups excluding carboxylic acids is 1. The molecule has 0 aliphatic rings. The highest BCUT2D eigenvalue weighted by Gasteiger charge is 2.14. The molecule has 0 fully saturated rings. The first-order valence-electron chi connectivity index (χ1n) is 9.22. The van der Waals surface area contributed by atoms with Gasteiger partial charge in [0.2, 0.25) is 0 Å².